The first kappa shape index (κ1) is 20.4. The van der Waals surface area contributed by atoms with Gasteiger partial charge in [-0.2, -0.15) is 16.9 Å². The molecule has 0 aliphatic heterocycles. The summed E-state index contributed by atoms with van der Waals surface area (Å²) >= 11 is 1.88. The fraction of sp³-hybridized carbons (Fsp3) is 0.364. The maximum absolute atomic E-state index is 12.0. The minimum Gasteiger partial charge on any atom is -0.385 e. The Hall–Kier alpha value is -2.31. The molecule has 0 spiro atoms. The number of benzene rings is 2. The molecule has 0 saturated carbocycles. The van der Waals surface area contributed by atoms with Gasteiger partial charge < -0.3 is 10.6 Å². The quantitative estimate of drug-likeness (QED) is 0.425. The van der Waals surface area contributed by atoms with Crippen molar-refractivity contribution in [3.05, 3.63) is 58.9 Å². The average molecular weight is 397 g/mol. The van der Waals surface area contributed by atoms with Gasteiger partial charge in [-0.05, 0) is 43.8 Å². The minimum absolute atomic E-state index is 0.156. The molecule has 0 fully saturated rings. The van der Waals surface area contributed by atoms with E-state index in [0.717, 1.165) is 48.4 Å². The van der Waals surface area contributed by atoms with Gasteiger partial charge in [-0.25, -0.2) is 5.10 Å². The fourth-order valence-corrected chi connectivity index (χ4v) is 3.54. The molecule has 0 aliphatic rings. The van der Waals surface area contributed by atoms with Gasteiger partial charge in [-0.1, -0.05) is 36.8 Å². The van der Waals surface area contributed by atoms with Crippen LogP contribution in [0.25, 0.3) is 22.0 Å². The summed E-state index contributed by atoms with van der Waals surface area (Å²) in [5.41, 5.74) is 2.72. The number of unbranched alkanes of at least 4 members (excludes halogenated alkanes) is 2. The van der Waals surface area contributed by atoms with Crippen molar-refractivity contribution in [2.75, 3.05) is 37.0 Å². The van der Waals surface area contributed by atoms with Crippen molar-refractivity contribution in [1.82, 2.24) is 15.5 Å². The van der Waals surface area contributed by atoms with Gasteiger partial charge >= 0.3 is 0 Å². The molecule has 0 amide bonds. The molecule has 3 aromatic rings. The van der Waals surface area contributed by atoms with E-state index in [1.54, 1.807) is 0 Å². The third-order valence-corrected chi connectivity index (χ3v) is 5.29. The zero-order valence-electron chi connectivity index (χ0n) is 16.3. The molecule has 1 aromatic heterocycles. The second kappa shape index (κ2) is 10.9. The molecule has 0 radical (unpaired) electrons. The molecule has 0 unspecified atom stereocenters. The van der Waals surface area contributed by atoms with Gasteiger partial charge in [-0.15, -0.1) is 0 Å². The van der Waals surface area contributed by atoms with E-state index in [9.17, 15) is 4.79 Å². The summed E-state index contributed by atoms with van der Waals surface area (Å²) in [4.78, 5) is 12.0. The van der Waals surface area contributed by atoms with Crippen molar-refractivity contribution in [3.63, 3.8) is 0 Å². The summed E-state index contributed by atoms with van der Waals surface area (Å²) in [7, 11) is 0. The molecular weight excluding hydrogens is 368 g/mol. The van der Waals surface area contributed by atoms with Crippen LogP contribution in [0, 0.1) is 0 Å². The second-order valence-corrected chi connectivity index (χ2v) is 7.74. The molecule has 5 nitrogen and oxygen atoms in total. The first-order valence-corrected chi connectivity index (χ1v) is 11.2. The van der Waals surface area contributed by atoms with E-state index in [2.05, 4.69) is 39.2 Å². The minimum atomic E-state index is -0.156. The van der Waals surface area contributed by atoms with E-state index in [4.69, 9.17) is 0 Å². The number of anilines is 1. The number of aromatic amines is 1. The molecular formula is C22H28N4OS. The van der Waals surface area contributed by atoms with Gasteiger partial charge in [-0.3, -0.25) is 4.79 Å². The van der Waals surface area contributed by atoms with Gasteiger partial charge in [0, 0.05) is 35.5 Å². The number of rotatable bonds is 11. The van der Waals surface area contributed by atoms with Crippen LogP contribution in [0.4, 0.5) is 5.69 Å². The summed E-state index contributed by atoms with van der Waals surface area (Å²) in [6.07, 6.45) is 5.71. The molecule has 0 saturated heterocycles. The maximum atomic E-state index is 12.0. The highest BCUT2D eigenvalue weighted by atomic mass is 32.2. The van der Waals surface area contributed by atoms with Gasteiger partial charge in [0.05, 0.1) is 11.1 Å². The molecule has 3 N–H and O–H groups in total. The predicted molar refractivity (Wildman–Crippen MR) is 121 cm³/mol. The van der Waals surface area contributed by atoms with Gasteiger partial charge in [0.2, 0.25) is 0 Å². The summed E-state index contributed by atoms with van der Waals surface area (Å²) in [5, 5.41) is 15.4. The molecule has 28 heavy (non-hydrogen) atoms. The first-order chi connectivity index (χ1) is 13.8. The highest BCUT2D eigenvalue weighted by Gasteiger charge is 2.08. The van der Waals surface area contributed by atoms with E-state index in [1.165, 1.54) is 18.6 Å². The molecule has 2 aromatic carbocycles. The lowest BCUT2D eigenvalue weighted by Crippen LogP contribution is -2.18. The number of fused-ring (bicyclic) bond motifs is 1. The lowest BCUT2D eigenvalue weighted by atomic mass is 10.0. The number of nitrogens with one attached hydrogen (secondary N) is 3. The number of hydrogen-bond donors (Lipinski definition) is 3. The number of aromatic nitrogens is 2. The number of hydrogen-bond acceptors (Lipinski definition) is 5. The van der Waals surface area contributed by atoms with E-state index in [-0.39, 0.29) is 5.56 Å². The second-order valence-electron chi connectivity index (χ2n) is 6.76. The van der Waals surface area contributed by atoms with Crippen molar-refractivity contribution >= 4 is 28.2 Å². The smallest absolute Gasteiger partial charge is 0.272 e. The van der Waals surface area contributed by atoms with Crippen LogP contribution in [-0.2, 0) is 0 Å². The third-order valence-electron chi connectivity index (χ3n) is 4.67. The van der Waals surface area contributed by atoms with Crippen molar-refractivity contribution in [1.29, 1.82) is 0 Å². The topological polar surface area (TPSA) is 69.8 Å². The SMILES string of the molecule is CSCCNCCCCCNc1cccc(-c2n[nH]c(=O)c3ccccc23)c1. The maximum Gasteiger partial charge on any atom is 0.272 e. The van der Waals surface area contributed by atoms with Crippen molar-refractivity contribution < 1.29 is 0 Å². The van der Waals surface area contributed by atoms with E-state index in [1.807, 2.05) is 48.2 Å². The van der Waals surface area contributed by atoms with Crippen LogP contribution in [-0.4, -0.2) is 41.8 Å². The zero-order valence-corrected chi connectivity index (χ0v) is 17.1. The Balaban J connectivity index is 1.55. The van der Waals surface area contributed by atoms with E-state index in [0.29, 0.717) is 5.39 Å². The van der Waals surface area contributed by atoms with Crippen LogP contribution in [0.15, 0.2) is 53.3 Å². The highest BCUT2D eigenvalue weighted by molar-refractivity contribution is 7.98. The molecule has 0 atom stereocenters. The Bertz CT molecular complexity index is 941. The zero-order chi connectivity index (χ0) is 19.6. The van der Waals surface area contributed by atoms with Gasteiger partial charge in [0.15, 0.2) is 0 Å². The number of H-pyrrole nitrogens is 1. The summed E-state index contributed by atoms with van der Waals surface area (Å²) in [5.74, 6) is 1.18. The van der Waals surface area contributed by atoms with Gasteiger partial charge in [0.25, 0.3) is 5.56 Å². The molecule has 1 heterocycles. The summed E-state index contributed by atoms with van der Waals surface area (Å²) < 4.78 is 0. The summed E-state index contributed by atoms with van der Waals surface area (Å²) in [6.45, 7) is 3.15. The number of thioether (sulfide) groups is 1. The molecule has 148 valence electrons. The van der Waals surface area contributed by atoms with E-state index < -0.39 is 0 Å². The molecule has 3 rings (SSSR count). The predicted octanol–water partition coefficient (Wildman–Crippen LogP) is 4.12. The largest absolute Gasteiger partial charge is 0.385 e. The van der Waals surface area contributed by atoms with Crippen molar-refractivity contribution in [3.8, 4) is 11.3 Å². The van der Waals surface area contributed by atoms with Crippen LogP contribution in [0.3, 0.4) is 0 Å². The summed E-state index contributed by atoms with van der Waals surface area (Å²) in [6, 6.07) is 15.8. The van der Waals surface area contributed by atoms with Crippen molar-refractivity contribution in [2.24, 2.45) is 0 Å². The molecule has 6 heteroatoms. The normalized spacial score (nSPS) is 11.0. The third kappa shape index (κ3) is 5.59. The van der Waals surface area contributed by atoms with Crippen LogP contribution >= 0.6 is 11.8 Å². The van der Waals surface area contributed by atoms with Crippen molar-refractivity contribution in [2.45, 2.75) is 19.3 Å². The Labute approximate surface area is 170 Å². The van der Waals surface area contributed by atoms with Crippen LogP contribution in [0.2, 0.25) is 0 Å². The Kier molecular flexibility index (Phi) is 7.94. The fourth-order valence-electron chi connectivity index (χ4n) is 3.19. The molecule has 0 bridgehead atoms. The van der Waals surface area contributed by atoms with Crippen LogP contribution in [0.5, 0.6) is 0 Å². The molecule has 0 aliphatic carbocycles. The van der Waals surface area contributed by atoms with Crippen LogP contribution in [0.1, 0.15) is 19.3 Å². The van der Waals surface area contributed by atoms with E-state index >= 15 is 0 Å². The lowest BCUT2D eigenvalue weighted by molar-refractivity contribution is 0.628. The monoisotopic (exact) mass is 396 g/mol. The average Bonchev–Trinajstić information content (AvgIpc) is 2.73. The van der Waals surface area contributed by atoms with Gasteiger partial charge in [0.1, 0.15) is 0 Å². The Morgan fingerprint density at radius 1 is 0.964 bits per heavy atom. The number of nitrogens with zero attached hydrogens (tertiary/aromatic N) is 1. The Morgan fingerprint density at radius 3 is 2.64 bits per heavy atom. The standard InChI is InChI=1S/C22H28N4OS/c1-28-15-14-23-12-5-2-6-13-24-18-9-7-8-17(16-18)21-19-10-3-4-11-20(19)22(27)26-25-21/h3-4,7-11,16,23-24H,2,5-6,12-15H2,1H3,(H,26,27). The first-order valence-electron chi connectivity index (χ1n) is 9.81. The lowest BCUT2D eigenvalue weighted by Gasteiger charge is -2.10. The van der Waals surface area contributed by atoms with Crippen LogP contribution < -0.4 is 16.2 Å². The highest BCUT2D eigenvalue weighted by Crippen LogP contribution is 2.26. The Morgan fingerprint density at radius 2 is 1.79 bits per heavy atom.